The molecule has 8 nitrogen and oxygen atoms in total. The highest BCUT2D eigenvalue weighted by atomic mass is 127. The summed E-state index contributed by atoms with van der Waals surface area (Å²) in [6, 6.07) is 5.75. The summed E-state index contributed by atoms with van der Waals surface area (Å²) in [5, 5.41) is 10.5. The van der Waals surface area contributed by atoms with Crippen molar-refractivity contribution in [3.8, 4) is 11.5 Å². The molecule has 2 heterocycles. The molecule has 0 aliphatic carbocycles. The van der Waals surface area contributed by atoms with Crippen LogP contribution in [0, 0.1) is 0 Å². The Morgan fingerprint density at radius 3 is 2.79 bits per heavy atom. The first-order chi connectivity index (χ1) is 11.3. The van der Waals surface area contributed by atoms with E-state index in [1.165, 1.54) is 6.33 Å². The SMILES string of the molecule is CN=C(NCc1ncnn1C)Nc1ccc2c(c1)OCCCO2.I. The average molecular weight is 444 g/mol. The third-order valence-corrected chi connectivity index (χ3v) is 3.45. The van der Waals surface area contributed by atoms with Crippen LogP contribution in [0.2, 0.25) is 0 Å². The molecule has 2 N–H and O–H groups in total. The van der Waals surface area contributed by atoms with E-state index < -0.39 is 0 Å². The number of nitrogens with zero attached hydrogens (tertiary/aromatic N) is 4. The van der Waals surface area contributed by atoms with E-state index in [1.54, 1.807) is 11.7 Å². The lowest BCUT2D eigenvalue weighted by molar-refractivity contribution is 0.297. The summed E-state index contributed by atoms with van der Waals surface area (Å²) in [4.78, 5) is 8.38. The van der Waals surface area contributed by atoms with Gasteiger partial charge in [-0.2, -0.15) is 5.10 Å². The Balaban J connectivity index is 0.00000208. The summed E-state index contributed by atoms with van der Waals surface area (Å²) in [6.07, 6.45) is 2.41. The molecule has 0 amide bonds. The third kappa shape index (κ3) is 4.49. The van der Waals surface area contributed by atoms with Crippen LogP contribution in [0.5, 0.6) is 11.5 Å². The van der Waals surface area contributed by atoms with E-state index in [0.717, 1.165) is 29.4 Å². The van der Waals surface area contributed by atoms with Crippen molar-refractivity contribution in [2.75, 3.05) is 25.6 Å². The normalized spacial score (nSPS) is 13.7. The van der Waals surface area contributed by atoms with Crippen LogP contribution in [0.1, 0.15) is 12.2 Å². The fourth-order valence-electron chi connectivity index (χ4n) is 2.20. The van der Waals surface area contributed by atoms with Gasteiger partial charge in [-0.3, -0.25) is 9.67 Å². The maximum absolute atomic E-state index is 5.69. The molecule has 1 aliphatic rings. The Hall–Kier alpha value is -2.04. The van der Waals surface area contributed by atoms with Crippen molar-refractivity contribution >= 4 is 35.6 Å². The van der Waals surface area contributed by atoms with Crippen molar-refractivity contribution in [2.45, 2.75) is 13.0 Å². The van der Waals surface area contributed by atoms with Gasteiger partial charge in [0.15, 0.2) is 17.5 Å². The van der Waals surface area contributed by atoms with E-state index in [0.29, 0.717) is 25.7 Å². The van der Waals surface area contributed by atoms with E-state index in [2.05, 4.69) is 25.7 Å². The molecule has 0 bridgehead atoms. The molecule has 24 heavy (non-hydrogen) atoms. The van der Waals surface area contributed by atoms with Crippen LogP contribution in [0.4, 0.5) is 5.69 Å². The predicted molar refractivity (Wildman–Crippen MR) is 102 cm³/mol. The Kier molecular flexibility index (Phi) is 6.64. The number of aromatic nitrogens is 3. The van der Waals surface area contributed by atoms with Gasteiger partial charge in [-0.1, -0.05) is 0 Å². The Labute approximate surface area is 157 Å². The summed E-state index contributed by atoms with van der Waals surface area (Å²) in [6.45, 7) is 1.87. The molecule has 9 heteroatoms. The molecule has 0 spiro atoms. The molecule has 1 aromatic carbocycles. The van der Waals surface area contributed by atoms with Crippen molar-refractivity contribution < 1.29 is 9.47 Å². The second kappa shape index (κ2) is 8.71. The Bertz CT molecular complexity index is 703. The maximum Gasteiger partial charge on any atom is 0.195 e. The van der Waals surface area contributed by atoms with Crippen molar-refractivity contribution in [3.63, 3.8) is 0 Å². The minimum atomic E-state index is 0. The van der Waals surface area contributed by atoms with Crippen LogP contribution in [0.3, 0.4) is 0 Å². The number of fused-ring (bicyclic) bond motifs is 1. The summed E-state index contributed by atoms with van der Waals surface area (Å²) >= 11 is 0. The number of halogens is 1. The predicted octanol–water partition coefficient (Wildman–Crippen LogP) is 1.78. The fraction of sp³-hybridized carbons (Fsp3) is 0.400. The molecule has 1 aromatic heterocycles. The smallest absolute Gasteiger partial charge is 0.195 e. The molecule has 0 saturated carbocycles. The van der Waals surface area contributed by atoms with Gasteiger partial charge in [-0.25, -0.2) is 4.98 Å². The highest BCUT2D eigenvalue weighted by Gasteiger charge is 2.11. The molecule has 130 valence electrons. The number of ether oxygens (including phenoxy) is 2. The van der Waals surface area contributed by atoms with Crippen LogP contribution in [0.25, 0.3) is 0 Å². The lowest BCUT2D eigenvalue weighted by Crippen LogP contribution is -2.31. The number of benzene rings is 1. The Morgan fingerprint density at radius 1 is 1.29 bits per heavy atom. The zero-order chi connectivity index (χ0) is 16.1. The molecule has 0 fully saturated rings. The number of rotatable bonds is 3. The van der Waals surface area contributed by atoms with E-state index >= 15 is 0 Å². The zero-order valence-corrected chi connectivity index (χ0v) is 16.0. The highest BCUT2D eigenvalue weighted by molar-refractivity contribution is 14.0. The lowest BCUT2D eigenvalue weighted by Gasteiger charge is -2.13. The number of hydrogen-bond donors (Lipinski definition) is 2. The summed E-state index contributed by atoms with van der Waals surface area (Å²) in [7, 11) is 3.57. The largest absolute Gasteiger partial charge is 0.490 e. The number of anilines is 1. The molecule has 1 aliphatic heterocycles. The van der Waals surface area contributed by atoms with Gasteiger partial charge < -0.3 is 20.1 Å². The minimum absolute atomic E-state index is 0. The van der Waals surface area contributed by atoms with E-state index in [9.17, 15) is 0 Å². The van der Waals surface area contributed by atoms with E-state index in [1.807, 2.05) is 25.2 Å². The van der Waals surface area contributed by atoms with Gasteiger partial charge in [0.1, 0.15) is 12.2 Å². The first-order valence-electron chi connectivity index (χ1n) is 7.46. The van der Waals surface area contributed by atoms with Gasteiger partial charge in [0.25, 0.3) is 0 Å². The van der Waals surface area contributed by atoms with Crippen LogP contribution < -0.4 is 20.1 Å². The number of aryl methyl sites for hydroxylation is 1. The quantitative estimate of drug-likeness (QED) is 0.427. The molecular formula is C15H21IN6O2. The zero-order valence-electron chi connectivity index (χ0n) is 13.7. The third-order valence-electron chi connectivity index (χ3n) is 3.45. The minimum Gasteiger partial charge on any atom is -0.490 e. The van der Waals surface area contributed by atoms with Crippen LogP contribution in [-0.2, 0) is 13.6 Å². The van der Waals surface area contributed by atoms with Crippen LogP contribution >= 0.6 is 24.0 Å². The van der Waals surface area contributed by atoms with Gasteiger partial charge in [-0.15, -0.1) is 24.0 Å². The second-order valence-electron chi connectivity index (χ2n) is 5.06. The fourth-order valence-corrected chi connectivity index (χ4v) is 2.20. The average Bonchev–Trinajstić information content (AvgIpc) is 2.83. The molecular weight excluding hydrogens is 423 g/mol. The number of nitrogens with one attached hydrogen (secondary N) is 2. The van der Waals surface area contributed by atoms with Crippen LogP contribution in [0.15, 0.2) is 29.5 Å². The number of hydrogen-bond acceptors (Lipinski definition) is 5. The first kappa shape index (κ1) is 18.3. The Morgan fingerprint density at radius 2 is 2.08 bits per heavy atom. The maximum atomic E-state index is 5.69. The topological polar surface area (TPSA) is 85.6 Å². The molecule has 0 atom stereocenters. The molecule has 0 saturated heterocycles. The molecule has 0 unspecified atom stereocenters. The van der Waals surface area contributed by atoms with Gasteiger partial charge >= 0.3 is 0 Å². The van der Waals surface area contributed by atoms with Gasteiger partial charge in [0, 0.05) is 32.3 Å². The van der Waals surface area contributed by atoms with Gasteiger partial charge in [-0.05, 0) is 12.1 Å². The summed E-state index contributed by atoms with van der Waals surface area (Å²) < 4.78 is 13.0. The van der Waals surface area contributed by atoms with Crippen molar-refractivity contribution in [1.29, 1.82) is 0 Å². The first-order valence-corrected chi connectivity index (χ1v) is 7.46. The summed E-state index contributed by atoms with van der Waals surface area (Å²) in [5.41, 5.74) is 0.875. The molecule has 3 rings (SSSR count). The van der Waals surface area contributed by atoms with Crippen molar-refractivity contribution in [1.82, 2.24) is 20.1 Å². The van der Waals surface area contributed by atoms with E-state index in [-0.39, 0.29) is 24.0 Å². The lowest BCUT2D eigenvalue weighted by atomic mass is 10.3. The van der Waals surface area contributed by atoms with Gasteiger partial charge in [0.05, 0.1) is 19.8 Å². The van der Waals surface area contributed by atoms with Crippen molar-refractivity contribution in [3.05, 3.63) is 30.4 Å². The van der Waals surface area contributed by atoms with Gasteiger partial charge in [0.2, 0.25) is 0 Å². The number of guanidine groups is 1. The molecule has 0 radical (unpaired) electrons. The van der Waals surface area contributed by atoms with E-state index in [4.69, 9.17) is 9.47 Å². The van der Waals surface area contributed by atoms with Crippen molar-refractivity contribution in [2.24, 2.45) is 12.0 Å². The number of aliphatic imine (C=N–C) groups is 1. The molecule has 2 aromatic rings. The second-order valence-corrected chi connectivity index (χ2v) is 5.06. The standard InChI is InChI=1S/C15H20N6O2.HI/c1-16-15(17-9-14-18-10-19-21(14)2)20-11-4-5-12-13(8-11)23-7-3-6-22-12;/h4-5,8,10H,3,6-7,9H2,1-2H3,(H2,16,17,20);1H. The van der Waals surface area contributed by atoms with Crippen LogP contribution in [-0.4, -0.2) is 41.0 Å². The summed E-state index contributed by atoms with van der Waals surface area (Å²) in [5.74, 6) is 2.99. The highest BCUT2D eigenvalue weighted by Crippen LogP contribution is 2.32. The monoisotopic (exact) mass is 444 g/mol.